The molecule has 0 bridgehead atoms. The first kappa shape index (κ1) is 20.2. The molecule has 0 saturated carbocycles. The Hall–Kier alpha value is -2.53. The van der Waals surface area contributed by atoms with Gasteiger partial charge in [-0.15, -0.1) is 0 Å². The van der Waals surface area contributed by atoms with Gasteiger partial charge in [-0.3, -0.25) is 9.69 Å². The van der Waals surface area contributed by atoms with Crippen molar-refractivity contribution in [2.75, 3.05) is 40.4 Å². The normalized spacial score (nSPS) is 15.2. The first-order valence-corrected chi connectivity index (χ1v) is 9.81. The van der Waals surface area contributed by atoms with Crippen LogP contribution in [0.5, 0.6) is 11.5 Å². The van der Waals surface area contributed by atoms with Gasteiger partial charge >= 0.3 is 0 Å². The summed E-state index contributed by atoms with van der Waals surface area (Å²) in [7, 11) is 3.18. The third kappa shape index (κ3) is 4.65. The minimum Gasteiger partial charge on any atom is -0.493 e. The van der Waals surface area contributed by atoms with Crippen LogP contribution in [0.1, 0.15) is 33.5 Å². The zero-order chi connectivity index (χ0) is 20.1. The Kier molecular flexibility index (Phi) is 6.57. The van der Waals surface area contributed by atoms with E-state index in [4.69, 9.17) is 9.47 Å². The molecule has 1 saturated heterocycles. The molecule has 0 N–H and O–H groups in total. The van der Waals surface area contributed by atoms with Gasteiger partial charge in [-0.25, -0.2) is 0 Å². The predicted octanol–water partition coefficient (Wildman–Crippen LogP) is 3.67. The highest BCUT2D eigenvalue weighted by Crippen LogP contribution is 2.28. The average molecular weight is 383 g/mol. The maximum atomic E-state index is 13.0. The van der Waals surface area contributed by atoms with E-state index in [1.165, 1.54) is 16.7 Å². The molecule has 1 fully saturated rings. The molecule has 0 radical (unpaired) electrons. The topological polar surface area (TPSA) is 42.0 Å². The number of aryl methyl sites for hydroxylation is 2. The van der Waals surface area contributed by atoms with Crippen LogP contribution in [0.25, 0.3) is 0 Å². The van der Waals surface area contributed by atoms with E-state index in [9.17, 15) is 4.79 Å². The number of ether oxygens (including phenoxy) is 2. The number of rotatable bonds is 5. The Balaban J connectivity index is 1.64. The molecule has 2 aromatic carbocycles. The van der Waals surface area contributed by atoms with E-state index in [1.54, 1.807) is 32.4 Å². The van der Waals surface area contributed by atoms with Crippen LogP contribution in [0.15, 0.2) is 36.4 Å². The standard InChI is InChI=1S/C23H30N2O3/c1-17-6-7-19(14-18(17)2)16-24-10-5-11-25(13-12-24)23(26)20-8-9-21(27-3)22(15-20)28-4/h6-9,14-15H,5,10-13,16H2,1-4H3. The van der Waals surface area contributed by atoms with Crippen LogP contribution in [-0.2, 0) is 6.54 Å². The molecule has 1 amide bonds. The third-order valence-electron chi connectivity index (χ3n) is 5.48. The maximum Gasteiger partial charge on any atom is 0.254 e. The van der Waals surface area contributed by atoms with Crippen LogP contribution in [0.2, 0.25) is 0 Å². The smallest absolute Gasteiger partial charge is 0.254 e. The lowest BCUT2D eigenvalue weighted by Gasteiger charge is -2.22. The van der Waals surface area contributed by atoms with Crippen molar-refractivity contribution in [3.05, 3.63) is 58.7 Å². The Morgan fingerprint density at radius 3 is 2.39 bits per heavy atom. The second-order valence-electron chi connectivity index (χ2n) is 7.41. The third-order valence-corrected chi connectivity index (χ3v) is 5.48. The molecular weight excluding hydrogens is 352 g/mol. The van der Waals surface area contributed by atoms with Crippen molar-refractivity contribution in [1.82, 2.24) is 9.80 Å². The minimum absolute atomic E-state index is 0.0500. The first-order chi connectivity index (χ1) is 13.5. The number of methoxy groups -OCH3 is 2. The summed E-state index contributed by atoms with van der Waals surface area (Å²) >= 11 is 0. The number of carbonyl (C=O) groups is 1. The first-order valence-electron chi connectivity index (χ1n) is 9.81. The lowest BCUT2D eigenvalue weighted by Crippen LogP contribution is -2.35. The summed E-state index contributed by atoms with van der Waals surface area (Å²) in [5.41, 5.74) is 4.63. The van der Waals surface area contributed by atoms with Crippen LogP contribution in [-0.4, -0.2) is 56.1 Å². The summed E-state index contributed by atoms with van der Waals surface area (Å²) in [5, 5.41) is 0. The number of benzene rings is 2. The van der Waals surface area contributed by atoms with Crippen LogP contribution in [0.4, 0.5) is 0 Å². The Morgan fingerprint density at radius 2 is 1.68 bits per heavy atom. The fourth-order valence-electron chi connectivity index (χ4n) is 3.64. The van der Waals surface area contributed by atoms with E-state index in [2.05, 4.69) is 36.9 Å². The molecule has 150 valence electrons. The molecule has 1 aliphatic heterocycles. The van der Waals surface area contributed by atoms with Crippen LogP contribution >= 0.6 is 0 Å². The highest BCUT2D eigenvalue weighted by Gasteiger charge is 2.21. The fraction of sp³-hybridized carbons (Fsp3) is 0.435. The maximum absolute atomic E-state index is 13.0. The van der Waals surface area contributed by atoms with Crippen molar-refractivity contribution in [1.29, 1.82) is 0 Å². The van der Waals surface area contributed by atoms with Gasteiger partial charge in [-0.2, -0.15) is 0 Å². The molecule has 0 unspecified atom stereocenters. The van der Waals surface area contributed by atoms with E-state index in [0.717, 1.165) is 39.1 Å². The van der Waals surface area contributed by atoms with Crippen LogP contribution < -0.4 is 9.47 Å². The van der Waals surface area contributed by atoms with Crippen molar-refractivity contribution in [2.24, 2.45) is 0 Å². The Bertz CT molecular complexity index is 835. The number of hydrogen-bond donors (Lipinski definition) is 0. The predicted molar refractivity (Wildman–Crippen MR) is 111 cm³/mol. The van der Waals surface area contributed by atoms with Crippen LogP contribution in [0.3, 0.4) is 0 Å². The van der Waals surface area contributed by atoms with Gasteiger partial charge in [-0.05, 0) is 55.2 Å². The van der Waals surface area contributed by atoms with Crippen molar-refractivity contribution in [3.63, 3.8) is 0 Å². The highest BCUT2D eigenvalue weighted by molar-refractivity contribution is 5.95. The van der Waals surface area contributed by atoms with Crippen molar-refractivity contribution in [3.8, 4) is 11.5 Å². The van der Waals surface area contributed by atoms with E-state index >= 15 is 0 Å². The molecule has 0 aliphatic carbocycles. The van der Waals surface area contributed by atoms with Gasteiger partial charge in [0.05, 0.1) is 14.2 Å². The molecular formula is C23H30N2O3. The van der Waals surface area contributed by atoms with E-state index in [0.29, 0.717) is 17.1 Å². The number of nitrogens with zero attached hydrogens (tertiary/aromatic N) is 2. The molecule has 0 spiro atoms. The quantitative estimate of drug-likeness (QED) is 0.791. The van der Waals surface area contributed by atoms with Gasteiger partial charge in [0.1, 0.15) is 0 Å². The monoisotopic (exact) mass is 382 g/mol. The summed E-state index contributed by atoms with van der Waals surface area (Å²) in [6.45, 7) is 8.62. The molecule has 5 nitrogen and oxygen atoms in total. The van der Waals surface area contributed by atoms with E-state index in [1.807, 2.05) is 4.90 Å². The van der Waals surface area contributed by atoms with E-state index in [-0.39, 0.29) is 5.91 Å². The molecule has 0 atom stereocenters. The second kappa shape index (κ2) is 9.11. The number of amides is 1. The second-order valence-corrected chi connectivity index (χ2v) is 7.41. The van der Waals surface area contributed by atoms with Crippen molar-refractivity contribution in [2.45, 2.75) is 26.8 Å². The Morgan fingerprint density at radius 1 is 0.893 bits per heavy atom. The molecule has 28 heavy (non-hydrogen) atoms. The zero-order valence-corrected chi connectivity index (χ0v) is 17.3. The van der Waals surface area contributed by atoms with Crippen LogP contribution in [0, 0.1) is 13.8 Å². The average Bonchev–Trinajstić information content (AvgIpc) is 2.95. The SMILES string of the molecule is COc1ccc(C(=O)N2CCCN(Cc3ccc(C)c(C)c3)CC2)cc1OC. The highest BCUT2D eigenvalue weighted by atomic mass is 16.5. The molecule has 0 aromatic heterocycles. The zero-order valence-electron chi connectivity index (χ0n) is 17.3. The summed E-state index contributed by atoms with van der Waals surface area (Å²) in [6, 6.07) is 12.0. The van der Waals surface area contributed by atoms with Gasteiger partial charge in [0, 0.05) is 38.3 Å². The summed E-state index contributed by atoms with van der Waals surface area (Å²) < 4.78 is 10.6. The van der Waals surface area contributed by atoms with Gasteiger partial charge < -0.3 is 14.4 Å². The molecule has 5 heteroatoms. The lowest BCUT2D eigenvalue weighted by atomic mass is 10.1. The number of hydrogen-bond acceptors (Lipinski definition) is 4. The minimum atomic E-state index is 0.0500. The number of carbonyl (C=O) groups excluding carboxylic acids is 1. The molecule has 1 heterocycles. The Labute approximate surface area is 167 Å². The molecule has 1 aliphatic rings. The van der Waals surface area contributed by atoms with Crippen molar-refractivity contribution >= 4 is 5.91 Å². The molecule has 3 rings (SSSR count). The molecule has 2 aromatic rings. The fourth-order valence-corrected chi connectivity index (χ4v) is 3.64. The van der Waals surface area contributed by atoms with Gasteiger partial charge in [-0.1, -0.05) is 18.2 Å². The van der Waals surface area contributed by atoms with E-state index < -0.39 is 0 Å². The summed E-state index contributed by atoms with van der Waals surface area (Å²) in [5.74, 6) is 1.27. The lowest BCUT2D eigenvalue weighted by molar-refractivity contribution is 0.0760. The summed E-state index contributed by atoms with van der Waals surface area (Å²) in [4.78, 5) is 17.4. The van der Waals surface area contributed by atoms with Crippen molar-refractivity contribution < 1.29 is 14.3 Å². The van der Waals surface area contributed by atoms with Gasteiger partial charge in [0.15, 0.2) is 11.5 Å². The summed E-state index contributed by atoms with van der Waals surface area (Å²) in [6.07, 6.45) is 0.976. The largest absolute Gasteiger partial charge is 0.493 e. The van der Waals surface area contributed by atoms with Gasteiger partial charge in [0.2, 0.25) is 0 Å². The van der Waals surface area contributed by atoms with Gasteiger partial charge in [0.25, 0.3) is 5.91 Å².